The van der Waals surface area contributed by atoms with E-state index < -0.39 is 0 Å². The molecular formula is C8H7BN3O. The molecule has 0 fully saturated rings. The molecule has 1 N–H and O–H groups in total. The number of hydrogen-bond acceptors (Lipinski definition) is 3. The van der Waals surface area contributed by atoms with Crippen LogP contribution in [0.3, 0.4) is 0 Å². The summed E-state index contributed by atoms with van der Waals surface area (Å²) in [4.78, 5) is 19.3. The van der Waals surface area contributed by atoms with Crippen LogP contribution in [-0.2, 0) is 11.2 Å². The van der Waals surface area contributed by atoms with Gasteiger partial charge in [-0.3, -0.25) is 0 Å². The van der Waals surface area contributed by atoms with Gasteiger partial charge < -0.3 is 0 Å². The Kier molecular flexibility index (Phi) is 1.72. The van der Waals surface area contributed by atoms with Gasteiger partial charge in [0.25, 0.3) is 0 Å². The molecule has 2 rings (SSSR count). The molecule has 1 radical (unpaired) electrons. The third-order valence-corrected chi connectivity index (χ3v) is 1.92. The molecular weight excluding hydrogens is 165 g/mol. The SMILES string of the molecule is [B]=C1C(=O)Nc2ncc(CC)nc21. The van der Waals surface area contributed by atoms with Crippen molar-refractivity contribution in [2.45, 2.75) is 13.3 Å². The van der Waals surface area contributed by atoms with E-state index in [-0.39, 0.29) is 11.4 Å². The summed E-state index contributed by atoms with van der Waals surface area (Å²) in [6, 6.07) is 0. The zero-order chi connectivity index (χ0) is 9.42. The van der Waals surface area contributed by atoms with Gasteiger partial charge in [-0.2, -0.15) is 0 Å². The second kappa shape index (κ2) is 2.76. The second-order valence-corrected chi connectivity index (χ2v) is 2.78. The molecule has 0 aromatic carbocycles. The Morgan fingerprint density at radius 1 is 1.62 bits per heavy atom. The van der Waals surface area contributed by atoms with Gasteiger partial charge in [-0.25, -0.2) is 0 Å². The molecule has 1 aliphatic rings. The summed E-state index contributed by atoms with van der Waals surface area (Å²) in [5, 5.41) is 2.52. The summed E-state index contributed by atoms with van der Waals surface area (Å²) in [6.07, 6.45) is 2.42. The van der Waals surface area contributed by atoms with Crippen LogP contribution in [0, 0.1) is 0 Å². The van der Waals surface area contributed by atoms with Crippen molar-refractivity contribution >= 4 is 24.7 Å². The van der Waals surface area contributed by atoms with Gasteiger partial charge in [0, 0.05) is 0 Å². The molecule has 0 atom stereocenters. The molecule has 1 aliphatic heterocycles. The maximum atomic E-state index is 11.1. The van der Waals surface area contributed by atoms with E-state index in [9.17, 15) is 4.79 Å². The molecule has 5 heteroatoms. The van der Waals surface area contributed by atoms with Crippen molar-refractivity contribution in [1.29, 1.82) is 0 Å². The van der Waals surface area contributed by atoms with Gasteiger partial charge in [-0.15, -0.1) is 0 Å². The Morgan fingerprint density at radius 3 is 3.08 bits per heavy atom. The first-order chi connectivity index (χ1) is 6.22. The average Bonchev–Trinajstić information content (AvgIpc) is 2.43. The third-order valence-electron chi connectivity index (χ3n) is 1.92. The molecule has 0 spiro atoms. The Balaban J connectivity index is 2.54. The van der Waals surface area contributed by atoms with Gasteiger partial charge in [0.1, 0.15) is 0 Å². The molecule has 0 bridgehead atoms. The Hall–Kier alpha value is -1.52. The summed E-state index contributed by atoms with van der Waals surface area (Å²) >= 11 is 0. The Morgan fingerprint density at radius 2 is 2.38 bits per heavy atom. The summed E-state index contributed by atoms with van der Waals surface area (Å²) in [5.41, 5.74) is 1.46. The molecule has 63 valence electrons. The minimum absolute atomic E-state index is 0.151. The Labute approximate surface area is 76.5 Å². The molecule has 0 saturated carbocycles. The van der Waals surface area contributed by atoms with E-state index in [1.54, 1.807) is 6.20 Å². The van der Waals surface area contributed by atoms with E-state index >= 15 is 0 Å². The van der Waals surface area contributed by atoms with Crippen molar-refractivity contribution in [2.75, 3.05) is 5.32 Å². The van der Waals surface area contributed by atoms with Crippen molar-refractivity contribution in [3.8, 4) is 0 Å². The van der Waals surface area contributed by atoms with E-state index in [2.05, 4.69) is 15.3 Å². The summed E-state index contributed by atoms with van der Waals surface area (Å²) in [7, 11) is 5.52. The molecule has 4 nitrogen and oxygen atoms in total. The average molecular weight is 172 g/mol. The van der Waals surface area contributed by atoms with Crippen molar-refractivity contribution in [3.63, 3.8) is 0 Å². The second-order valence-electron chi connectivity index (χ2n) is 2.78. The molecule has 2 heterocycles. The summed E-state index contributed by atoms with van der Waals surface area (Å²) < 4.78 is 0. The molecule has 0 saturated heterocycles. The number of aromatic nitrogens is 2. The van der Waals surface area contributed by atoms with E-state index in [4.69, 9.17) is 7.49 Å². The van der Waals surface area contributed by atoms with Gasteiger partial charge in [-0.05, 0) is 0 Å². The van der Waals surface area contributed by atoms with E-state index in [1.807, 2.05) is 6.92 Å². The number of fused-ring (bicyclic) bond motifs is 1. The van der Waals surface area contributed by atoms with Crippen LogP contribution in [-0.4, -0.2) is 28.8 Å². The van der Waals surface area contributed by atoms with Crippen LogP contribution in [0.1, 0.15) is 18.3 Å². The van der Waals surface area contributed by atoms with Crippen LogP contribution in [0.15, 0.2) is 6.20 Å². The van der Waals surface area contributed by atoms with Gasteiger partial charge >= 0.3 is 75.7 Å². The normalized spacial score (nSPS) is 14.2. The van der Waals surface area contributed by atoms with E-state index in [0.29, 0.717) is 11.5 Å². The summed E-state index contributed by atoms with van der Waals surface area (Å²) in [6.45, 7) is 1.97. The van der Waals surface area contributed by atoms with E-state index in [1.165, 1.54) is 0 Å². The topological polar surface area (TPSA) is 54.9 Å². The van der Waals surface area contributed by atoms with Crippen molar-refractivity contribution < 1.29 is 4.79 Å². The molecule has 0 unspecified atom stereocenters. The van der Waals surface area contributed by atoms with Crippen molar-refractivity contribution in [1.82, 2.24) is 9.97 Å². The van der Waals surface area contributed by atoms with E-state index in [0.717, 1.165) is 12.1 Å². The number of aryl methyl sites for hydroxylation is 1. The zero-order valence-corrected chi connectivity index (χ0v) is 7.16. The summed E-state index contributed by atoms with van der Waals surface area (Å²) in [5.74, 6) is 0.142. The standard InChI is InChI=1S/C8H7BN3O/c1-2-4-3-10-7-6(11-4)5(9)8(13)12-7/h3H,2H2,1H3,(H,10,12,13). The molecule has 1 aromatic heterocycles. The van der Waals surface area contributed by atoms with Crippen molar-refractivity contribution in [2.24, 2.45) is 0 Å². The number of nitrogens with zero attached hydrogens (tertiary/aromatic N) is 2. The fourth-order valence-electron chi connectivity index (χ4n) is 1.16. The number of anilines is 1. The predicted molar refractivity (Wildman–Crippen MR) is 49.9 cm³/mol. The fraction of sp³-hybridized carbons (Fsp3) is 0.250. The fourth-order valence-corrected chi connectivity index (χ4v) is 1.16. The number of rotatable bonds is 1. The molecule has 13 heavy (non-hydrogen) atoms. The Bertz CT molecular complexity index is 402. The van der Waals surface area contributed by atoms with Crippen LogP contribution >= 0.6 is 0 Å². The van der Waals surface area contributed by atoms with Gasteiger partial charge in [0.2, 0.25) is 0 Å². The number of carbonyl (C=O) groups is 1. The van der Waals surface area contributed by atoms with Gasteiger partial charge in [0.15, 0.2) is 0 Å². The monoisotopic (exact) mass is 172 g/mol. The van der Waals surface area contributed by atoms with Gasteiger partial charge in [0.05, 0.1) is 0 Å². The maximum absolute atomic E-state index is 11.1. The quantitative estimate of drug-likeness (QED) is 0.590. The first-order valence-corrected chi connectivity index (χ1v) is 4.02. The van der Waals surface area contributed by atoms with Crippen molar-refractivity contribution in [3.05, 3.63) is 17.6 Å². The minimum atomic E-state index is -0.316. The van der Waals surface area contributed by atoms with Crippen LogP contribution in [0.5, 0.6) is 0 Å². The molecule has 1 amide bonds. The first kappa shape index (κ1) is 8.10. The van der Waals surface area contributed by atoms with Crippen LogP contribution in [0.4, 0.5) is 5.82 Å². The van der Waals surface area contributed by atoms with Crippen LogP contribution in [0.2, 0.25) is 0 Å². The number of amides is 1. The van der Waals surface area contributed by atoms with Gasteiger partial charge in [-0.1, -0.05) is 0 Å². The third kappa shape index (κ3) is 1.16. The predicted octanol–water partition coefficient (Wildman–Crippen LogP) is -0.320. The van der Waals surface area contributed by atoms with Crippen LogP contribution in [0.25, 0.3) is 0 Å². The number of nitrogens with one attached hydrogen (secondary N) is 1. The number of hydrogen-bond donors (Lipinski definition) is 1. The number of carbonyl (C=O) groups excluding carboxylic acids is 1. The molecule has 1 aromatic rings. The molecule has 0 aliphatic carbocycles. The zero-order valence-electron chi connectivity index (χ0n) is 7.16. The van der Waals surface area contributed by atoms with Crippen LogP contribution < -0.4 is 5.32 Å². The first-order valence-electron chi connectivity index (χ1n) is 4.02.